The van der Waals surface area contributed by atoms with Crippen LogP contribution in [0.4, 0.5) is 0 Å². The maximum atomic E-state index is 8.60. The van der Waals surface area contributed by atoms with Gasteiger partial charge in [-0.3, -0.25) is 4.90 Å². The fourth-order valence-corrected chi connectivity index (χ4v) is 2.27. The summed E-state index contributed by atoms with van der Waals surface area (Å²) in [6, 6.07) is 3.10. The van der Waals surface area contributed by atoms with Gasteiger partial charge in [-0.15, -0.1) is 0 Å². The third-order valence-corrected chi connectivity index (χ3v) is 3.24. The molecule has 0 amide bonds. The average Bonchev–Trinajstić information content (AvgIpc) is 2.16. The van der Waals surface area contributed by atoms with E-state index in [0.717, 1.165) is 13.0 Å². The molecule has 3 heteroatoms. The Morgan fingerprint density at radius 2 is 2.00 bits per heavy atom. The summed E-state index contributed by atoms with van der Waals surface area (Å²) in [7, 11) is 0. The van der Waals surface area contributed by atoms with E-state index in [0.29, 0.717) is 12.1 Å². The molecular formula is C11H21N3. The molecule has 1 heterocycles. The van der Waals surface area contributed by atoms with Gasteiger partial charge in [0.1, 0.15) is 0 Å². The third-order valence-electron chi connectivity index (χ3n) is 3.24. The molecule has 2 N–H and O–H groups in total. The van der Waals surface area contributed by atoms with Gasteiger partial charge in [-0.05, 0) is 33.1 Å². The second-order valence-corrected chi connectivity index (χ2v) is 4.39. The van der Waals surface area contributed by atoms with Crippen LogP contribution in [0.1, 0.15) is 39.5 Å². The second-order valence-electron chi connectivity index (χ2n) is 4.39. The Bertz CT molecular complexity index is 199. The highest BCUT2D eigenvalue weighted by atomic mass is 15.2. The molecule has 0 bridgehead atoms. The van der Waals surface area contributed by atoms with Crippen molar-refractivity contribution in [2.24, 2.45) is 5.73 Å². The molecule has 14 heavy (non-hydrogen) atoms. The van der Waals surface area contributed by atoms with Crippen LogP contribution in [0.3, 0.4) is 0 Å². The molecule has 3 nitrogen and oxygen atoms in total. The number of nitrogens with two attached hydrogens (primary N) is 1. The van der Waals surface area contributed by atoms with E-state index in [-0.39, 0.29) is 6.04 Å². The summed E-state index contributed by atoms with van der Waals surface area (Å²) in [6.07, 6.45) is 4.70. The highest BCUT2D eigenvalue weighted by Gasteiger charge is 2.24. The number of piperidine rings is 1. The molecule has 0 aromatic heterocycles. The van der Waals surface area contributed by atoms with Crippen molar-refractivity contribution >= 4 is 0 Å². The Kier molecular flexibility index (Phi) is 4.37. The van der Waals surface area contributed by atoms with Crippen molar-refractivity contribution in [2.45, 2.75) is 57.7 Å². The monoisotopic (exact) mass is 195 g/mol. The second kappa shape index (κ2) is 5.33. The summed E-state index contributed by atoms with van der Waals surface area (Å²) in [5.74, 6) is 0. The molecule has 0 saturated carbocycles. The van der Waals surface area contributed by atoms with Crippen LogP contribution in [-0.4, -0.2) is 29.6 Å². The van der Waals surface area contributed by atoms with Crippen molar-refractivity contribution in [3.63, 3.8) is 0 Å². The van der Waals surface area contributed by atoms with Crippen LogP contribution in [0, 0.1) is 11.3 Å². The highest BCUT2D eigenvalue weighted by molar-refractivity contribution is 4.88. The van der Waals surface area contributed by atoms with E-state index in [1.165, 1.54) is 19.3 Å². The van der Waals surface area contributed by atoms with Gasteiger partial charge in [0.05, 0.1) is 12.1 Å². The Morgan fingerprint density at radius 1 is 1.43 bits per heavy atom. The molecule has 80 valence electrons. The van der Waals surface area contributed by atoms with Crippen molar-refractivity contribution < 1.29 is 0 Å². The topological polar surface area (TPSA) is 53.0 Å². The minimum Gasteiger partial charge on any atom is -0.316 e. The predicted octanol–water partition coefficient (Wildman–Crippen LogP) is 1.49. The lowest BCUT2D eigenvalue weighted by molar-refractivity contribution is 0.101. The highest BCUT2D eigenvalue weighted by Crippen LogP contribution is 2.22. The number of rotatable bonds is 3. The smallest absolute Gasteiger partial charge is 0.0940 e. The van der Waals surface area contributed by atoms with Crippen molar-refractivity contribution in [1.82, 2.24) is 4.90 Å². The SMILES string of the molecule is CC1CCCC(C)N1CCC(N)C#N. The van der Waals surface area contributed by atoms with E-state index in [4.69, 9.17) is 11.0 Å². The molecule has 1 aliphatic rings. The maximum absolute atomic E-state index is 8.60. The summed E-state index contributed by atoms with van der Waals surface area (Å²) in [6.45, 7) is 5.51. The normalized spacial score (nSPS) is 31.0. The van der Waals surface area contributed by atoms with Crippen LogP contribution in [-0.2, 0) is 0 Å². The van der Waals surface area contributed by atoms with Gasteiger partial charge in [-0.25, -0.2) is 0 Å². The Morgan fingerprint density at radius 3 is 2.50 bits per heavy atom. The maximum Gasteiger partial charge on any atom is 0.0940 e. The van der Waals surface area contributed by atoms with Gasteiger partial charge < -0.3 is 5.73 Å². The van der Waals surface area contributed by atoms with Crippen molar-refractivity contribution in [2.75, 3.05) is 6.54 Å². The first-order valence-corrected chi connectivity index (χ1v) is 5.56. The third kappa shape index (κ3) is 2.97. The van der Waals surface area contributed by atoms with E-state index < -0.39 is 0 Å². The molecular weight excluding hydrogens is 174 g/mol. The summed E-state index contributed by atoms with van der Waals surface area (Å²) in [5.41, 5.74) is 5.59. The quantitative estimate of drug-likeness (QED) is 0.742. The minimum atomic E-state index is -0.295. The van der Waals surface area contributed by atoms with Crippen molar-refractivity contribution in [3.05, 3.63) is 0 Å². The van der Waals surface area contributed by atoms with Gasteiger partial charge in [0.15, 0.2) is 0 Å². The molecule has 3 atom stereocenters. The lowest BCUT2D eigenvalue weighted by Crippen LogP contribution is -2.45. The summed E-state index contributed by atoms with van der Waals surface area (Å²) >= 11 is 0. The number of likely N-dealkylation sites (tertiary alicyclic amines) is 1. The van der Waals surface area contributed by atoms with Crippen LogP contribution in [0.5, 0.6) is 0 Å². The molecule has 0 aliphatic carbocycles. The first-order chi connectivity index (χ1) is 6.65. The molecule has 0 aromatic carbocycles. The van der Waals surface area contributed by atoms with E-state index in [1.54, 1.807) is 0 Å². The zero-order valence-corrected chi connectivity index (χ0v) is 9.24. The minimum absolute atomic E-state index is 0.295. The number of nitriles is 1. The molecule has 0 spiro atoms. The fraction of sp³-hybridized carbons (Fsp3) is 0.909. The zero-order chi connectivity index (χ0) is 10.6. The van der Waals surface area contributed by atoms with Crippen molar-refractivity contribution in [1.29, 1.82) is 5.26 Å². The van der Waals surface area contributed by atoms with Crippen LogP contribution < -0.4 is 5.73 Å². The Labute approximate surface area is 86.9 Å². The zero-order valence-electron chi connectivity index (χ0n) is 9.24. The molecule has 1 rings (SSSR count). The Balaban J connectivity index is 2.37. The van der Waals surface area contributed by atoms with Gasteiger partial charge in [0.25, 0.3) is 0 Å². The lowest BCUT2D eigenvalue weighted by atomic mass is 9.97. The largest absolute Gasteiger partial charge is 0.316 e. The molecule has 0 aromatic rings. The number of hydrogen-bond donors (Lipinski definition) is 1. The standard InChI is InChI=1S/C11H21N3/c1-9-4-3-5-10(2)14(9)7-6-11(13)8-12/h9-11H,3-7,13H2,1-2H3. The van der Waals surface area contributed by atoms with Crippen LogP contribution >= 0.6 is 0 Å². The molecule has 1 aliphatic heterocycles. The first-order valence-electron chi connectivity index (χ1n) is 5.56. The van der Waals surface area contributed by atoms with E-state index in [9.17, 15) is 0 Å². The number of nitrogens with zero attached hydrogens (tertiary/aromatic N) is 2. The number of hydrogen-bond acceptors (Lipinski definition) is 3. The van der Waals surface area contributed by atoms with Crippen LogP contribution in [0.15, 0.2) is 0 Å². The predicted molar refractivity (Wildman–Crippen MR) is 57.7 cm³/mol. The fourth-order valence-electron chi connectivity index (χ4n) is 2.27. The van der Waals surface area contributed by atoms with E-state index in [1.807, 2.05) is 0 Å². The summed E-state index contributed by atoms with van der Waals surface area (Å²) in [4.78, 5) is 2.49. The lowest BCUT2D eigenvalue weighted by Gasteiger charge is -2.39. The molecule has 0 radical (unpaired) electrons. The van der Waals surface area contributed by atoms with Crippen molar-refractivity contribution in [3.8, 4) is 6.07 Å². The van der Waals surface area contributed by atoms with Gasteiger partial charge in [-0.2, -0.15) is 5.26 Å². The van der Waals surface area contributed by atoms with Gasteiger partial charge in [0, 0.05) is 18.6 Å². The van der Waals surface area contributed by atoms with E-state index in [2.05, 4.69) is 24.8 Å². The van der Waals surface area contributed by atoms with E-state index >= 15 is 0 Å². The molecule has 1 saturated heterocycles. The average molecular weight is 195 g/mol. The molecule has 1 fully saturated rings. The van der Waals surface area contributed by atoms with Crippen LogP contribution in [0.2, 0.25) is 0 Å². The van der Waals surface area contributed by atoms with Crippen LogP contribution in [0.25, 0.3) is 0 Å². The van der Waals surface area contributed by atoms with Gasteiger partial charge in [0.2, 0.25) is 0 Å². The molecule has 3 unspecified atom stereocenters. The summed E-state index contributed by atoms with van der Waals surface area (Å²) in [5, 5.41) is 8.60. The Hall–Kier alpha value is -0.590. The van der Waals surface area contributed by atoms with Gasteiger partial charge >= 0.3 is 0 Å². The van der Waals surface area contributed by atoms with Gasteiger partial charge in [-0.1, -0.05) is 6.42 Å². The summed E-state index contributed by atoms with van der Waals surface area (Å²) < 4.78 is 0. The first kappa shape index (κ1) is 11.5.